The molecule has 4 heteroatoms. The van der Waals surface area contributed by atoms with Gasteiger partial charge >= 0.3 is 0 Å². The monoisotopic (exact) mass is 312 g/mol. The molecule has 0 amide bonds. The van der Waals surface area contributed by atoms with Crippen LogP contribution >= 0.6 is 23.2 Å². The van der Waals surface area contributed by atoms with Crippen molar-refractivity contribution in [1.29, 1.82) is 0 Å². The average Bonchev–Trinajstić information content (AvgIpc) is 2.40. The van der Waals surface area contributed by atoms with Gasteiger partial charge < -0.3 is 4.74 Å². The van der Waals surface area contributed by atoms with E-state index in [0.717, 1.165) is 22.4 Å². The van der Waals surface area contributed by atoms with Gasteiger partial charge in [-0.15, -0.1) is 11.6 Å². The summed E-state index contributed by atoms with van der Waals surface area (Å²) >= 11 is 12.3. The highest BCUT2D eigenvalue weighted by Crippen LogP contribution is 2.35. The summed E-state index contributed by atoms with van der Waals surface area (Å²) in [5.41, 5.74) is 3.14. The van der Waals surface area contributed by atoms with Gasteiger partial charge in [0.2, 0.25) is 0 Å². The molecule has 2 aromatic carbocycles. The molecule has 1 unspecified atom stereocenters. The summed E-state index contributed by atoms with van der Waals surface area (Å²) in [5.74, 6) is 0.463. The number of aryl methyl sites for hydroxylation is 2. The Morgan fingerprint density at radius 1 is 1.10 bits per heavy atom. The first-order chi connectivity index (χ1) is 9.43. The fraction of sp³-hybridized carbons (Fsp3) is 0.250. The summed E-state index contributed by atoms with van der Waals surface area (Å²) in [5, 5.41) is -0.119. The second kappa shape index (κ2) is 6.02. The van der Waals surface area contributed by atoms with E-state index in [-0.39, 0.29) is 5.82 Å². The van der Waals surface area contributed by atoms with Crippen LogP contribution in [0.5, 0.6) is 5.75 Å². The third-order valence-corrected chi connectivity index (χ3v) is 3.93. The van der Waals surface area contributed by atoms with Gasteiger partial charge in [-0.3, -0.25) is 0 Å². The number of rotatable bonds is 3. The van der Waals surface area contributed by atoms with Crippen molar-refractivity contribution in [3.63, 3.8) is 0 Å². The van der Waals surface area contributed by atoms with Crippen LogP contribution < -0.4 is 4.74 Å². The summed E-state index contributed by atoms with van der Waals surface area (Å²) in [4.78, 5) is 0. The predicted molar refractivity (Wildman–Crippen MR) is 81.6 cm³/mol. The van der Waals surface area contributed by atoms with Crippen LogP contribution in [0.4, 0.5) is 4.39 Å². The van der Waals surface area contributed by atoms with Crippen LogP contribution in [-0.4, -0.2) is 7.11 Å². The van der Waals surface area contributed by atoms with E-state index in [9.17, 15) is 4.39 Å². The van der Waals surface area contributed by atoms with Crippen molar-refractivity contribution < 1.29 is 9.13 Å². The lowest BCUT2D eigenvalue weighted by Crippen LogP contribution is -2.00. The minimum Gasteiger partial charge on any atom is -0.496 e. The number of hydrogen-bond acceptors (Lipinski definition) is 1. The second-order valence-corrected chi connectivity index (χ2v) is 5.59. The molecule has 1 nitrogen and oxygen atoms in total. The van der Waals surface area contributed by atoms with E-state index in [1.807, 2.05) is 26.0 Å². The number of ether oxygens (including phenoxy) is 1. The van der Waals surface area contributed by atoms with Crippen molar-refractivity contribution in [2.24, 2.45) is 0 Å². The Kier molecular flexibility index (Phi) is 4.56. The normalized spacial score (nSPS) is 12.3. The zero-order valence-corrected chi connectivity index (χ0v) is 13.0. The molecule has 0 saturated carbocycles. The zero-order valence-electron chi connectivity index (χ0n) is 11.5. The van der Waals surface area contributed by atoms with Crippen LogP contribution in [0.3, 0.4) is 0 Å². The van der Waals surface area contributed by atoms with Gasteiger partial charge in [0.15, 0.2) is 0 Å². The third kappa shape index (κ3) is 2.92. The summed E-state index contributed by atoms with van der Waals surface area (Å²) in [6.45, 7) is 3.88. The van der Waals surface area contributed by atoms with Crippen molar-refractivity contribution in [2.45, 2.75) is 19.2 Å². The molecule has 106 valence electrons. The van der Waals surface area contributed by atoms with Gasteiger partial charge in [-0.2, -0.15) is 0 Å². The first kappa shape index (κ1) is 15.1. The minimum atomic E-state index is -0.586. The van der Waals surface area contributed by atoms with E-state index in [1.165, 1.54) is 12.1 Å². The molecule has 0 heterocycles. The van der Waals surface area contributed by atoms with E-state index >= 15 is 0 Å². The topological polar surface area (TPSA) is 9.23 Å². The lowest BCUT2D eigenvalue weighted by atomic mass is 9.99. The Morgan fingerprint density at radius 3 is 2.25 bits per heavy atom. The van der Waals surface area contributed by atoms with E-state index in [0.29, 0.717) is 10.6 Å². The molecule has 0 saturated heterocycles. The predicted octanol–water partition coefficient (Wildman–Crippen LogP) is 5.43. The van der Waals surface area contributed by atoms with E-state index < -0.39 is 5.38 Å². The Labute approximate surface area is 128 Å². The first-order valence-electron chi connectivity index (χ1n) is 6.18. The number of halogens is 3. The molecule has 20 heavy (non-hydrogen) atoms. The second-order valence-electron chi connectivity index (χ2n) is 4.72. The van der Waals surface area contributed by atoms with E-state index in [1.54, 1.807) is 13.2 Å². The zero-order chi connectivity index (χ0) is 14.9. The smallest absolute Gasteiger partial charge is 0.128 e. The summed E-state index contributed by atoms with van der Waals surface area (Å²) < 4.78 is 19.2. The quantitative estimate of drug-likeness (QED) is 0.686. The van der Waals surface area contributed by atoms with Gasteiger partial charge in [-0.1, -0.05) is 23.7 Å². The molecule has 1 atom stereocenters. The molecule has 2 aromatic rings. The third-order valence-electron chi connectivity index (χ3n) is 3.21. The molecule has 0 aromatic heterocycles. The van der Waals surface area contributed by atoms with Crippen molar-refractivity contribution in [1.82, 2.24) is 0 Å². The fourth-order valence-electron chi connectivity index (χ4n) is 2.34. The van der Waals surface area contributed by atoms with Gasteiger partial charge in [-0.25, -0.2) is 4.39 Å². The Hall–Kier alpha value is -1.25. The maximum atomic E-state index is 13.9. The van der Waals surface area contributed by atoms with Crippen LogP contribution in [0, 0.1) is 19.7 Å². The first-order valence-corrected chi connectivity index (χ1v) is 6.99. The summed E-state index contributed by atoms with van der Waals surface area (Å²) in [6, 6.07) is 8.21. The minimum absolute atomic E-state index is 0.361. The molecule has 0 aliphatic rings. The maximum absolute atomic E-state index is 13.9. The van der Waals surface area contributed by atoms with Crippen molar-refractivity contribution in [3.05, 3.63) is 63.4 Å². The van der Waals surface area contributed by atoms with Crippen LogP contribution in [-0.2, 0) is 0 Å². The van der Waals surface area contributed by atoms with Crippen LogP contribution in [0.2, 0.25) is 5.02 Å². The Morgan fingerprint density at radius 2 is 1.70 bits per heavy atom. The molecule has 0 bridgehead atoms. The van der Waals surface area contributed by atoms with Crippen molar-refractivity contribution in [3.8, 4) is 5.75 Å². The molecule has 0 spiro atoms. The molecule has 0 aliphatic carbocycles. The van der Waals surface area contributed by atoms with Crippen molar-refractivity contribution >= 4 is 23.2 Å². The summed E-state index contributed by atoms with van der Waals surface area (Å²) in [6.07, 6.45) is 0. The highest BCUT2D eigenvalue weighted by atomic mass is 35.5. The molecule has 0 aliphatic heterocycles. The van der Waals surface area contributed by atoms with Gasteiger partial charge in [0.1, 0.15) is 11.6 Å². The molecule has 2 rings (SSSR count). The lowest BCUT2D eigenvalue weighted by molar-refractivity contribution is 0.408. The highest BCUT2D eigenvalue weighted by Gasteiger charge is 2.18. The lowest BCUT2D eigenvalue weighted by Gasteiger charge is -2.16. The largest absolute Gasteiger partial charge is 0.496 e. The number of methoxy groups -OCH3 is 1. The Balaban J connectivity index is 2.48. The summed E-state index contributed by atoms with van der Waals surface area (Å²) in [7, 11) is 1.63. The number of alkyl halides is 1. The highest BCUT2D eigenvalue weighted by molar-refractivity contribution is 6.30. The van der Waals surface area contributed by atoms with Gasteiger partial charge in [0.05, 0.1) is 12.5 Å². The van der Waals surface area contributed by atoms with Gasteiger partial charge in [-0.05, 0) is 48.7 Å². The molecular weight excluding hydrogens is 298 g/mol. The van der Waals surface area contributed by atoms with Gasteiger partial charge in [0.25, 0.3) is 0 Å². The maximum Gasteiger partial charge on any atom is 0.128 e. The Bertz CT molecular complexity index is 617. The fourth-order valence-corrected chi connectivity index (χ4v) is 2.81. The van der Waals surface area contributed by atoms with Gasteiger partial charge in [0, 0.05) is 10.6 Å². The number of benzene rings is 2. The average molecular weight is 313 g/mol. The molecule has 0 fully saturated rings. The standard InChI is InChI=1S/C16H15Cl2FO/c1-9-6-11(7-10(2)16(9)20-3)15(18)13-8-12(17)4-5-14(13)19/h4-8,15H,1-3H3. The molecule has 0 N–H and O–H groups in total. The number of hydrogen-bond donors (Lipinski definition) is 0. The molecular formula is C16H15Cl2FO. The van der Waals surface area contributed by atoms with Crippen LogP contribution in [0.25, 0.3) is 0 Å². The van der Waals surface area contributed by atoms with E-state index in [4.69, 9.17) is 27.9 Å². The van der Waals surface area contributed by atoms with Crippen molar-refractivity contribution in [2.75, 3.05) is 7.11 Å². The van der Waals surface area contributed by atoms with Crippen LogP contribution in [0.15, 0.2) is 30.3 Å². The SMILES string of the molecule is COc1c(C)cc(C(Cl)c2cc(Cl)ccc2F)cc1C. The van der Waals surface area contributed by atoms with Crippen LogP contribution in [0.1, 0.15) is 27.6 Å². The van der Waals surface area contributed by atoms with E-state index in [2.05, 4.69) is 0 Å². The molecule has 0 radical (unpaired) electrons.